The van der Waals surface area contributed by atoms with Gasteiger partial charge in [0.25, 0.3) is 0 Å². The van der Waals surface area contributed by atoms with Crippen molar-refractivity contribution in [1.29, 1.82) is 0 Å². The Hall–Kier alpha value is -1.09. The van der Waals surface area contributed by atoms with Crippen LogP contribution < -0.4 is 0 Å². The maximum Gasteiger partial charge on any atom is 0.310 e. The maximum atomic E-state index is 12.6. The van der Waals surface area contributed by atoms with E-state index in [2.05, 4.69) is 46.1 Å². The maximum absolute atomic E-state index is 12.6. The Morgan fingerprint density at radius 1 is 1.08 bits per heavy atom. The Labute approximate surface area is 224 Å². The topological polar surface area (TPSA) is 26.3 Å². The second-order valence-electron chi connectivity index (χ2n) is 14.0. The predicted octanol–water partition coefficient (Wildman–Crippen LogP) is 9.24. The van der Waals surface area contributed by atoms with Crippen LogP contribution in [-0.4, -0.2) is 12.1 Å². The van der Waals surface area contributed by atoms with Gasteiger partial charge in [0.05, 0.1) is 6.42 Å². The molecule has 3 heteroatoms. The summed E-state index contributed by atoms with van der Waals surface area (Å²) in [5.74, 6) is 5.18. The van der Waals surface area contributed by atoms with Crippen LogP contribution in [0.25, 0.3) is 0 Å². The highest BCUT2D eigenvalue weighted by atomic mass is 32.1. The molecule has 1 aromatic rings. The van der Waals surface area contributed by atoms with Gasteiger partial charge in [0, 0.05) is 6.42 Å². The molecule has 200 valence electrons. The molecule has 0 aromatic carbocycles. The molecule has 0 saturated heterocycles. The fourth-order valence-electron chi connectivity index (χ4n) is 9.54. The third kappa shape index (κ3) is 4.99. The molecule has 0 radical (unpaired) electrons. The third-order valence-corrected chi connectivity index (χ3v) is 12.2. The SMILES string of the molecule is CC(C)CCC[C@@H](C)[C@H]1CC[C@H]2[C@@H]3CC=C4C[C@@H](OC(=O)Cc5ccsc5)CC[C@]4(C)[C@H]3CC[C@]12C. The fourth-order valence-corrected chi connectivity index (χ4v) is 10.2. The van der Waals surface area contributed by atoms with E-state index in [1.165, 1.54) is 57.8 Å². The van der Waals surface area contributed by atoms with E-state index in [4.69, 9.17) is 4.74 Å². The Morgan fingerprint density at radius 2 is 1.92 bits per heavy atom. The molecule has 4 aliphatic rings. The van der Waals surface area contributed by atoms with Gasteiger partial charge in [-0.1, -0.05) is 65.5 Å². The first-order valence-corrected chi connectivity index (χ1v) is 16.0. The third-order valence-electron chi connectivity index (χ3n) is 11.5. The van der Waals surface area contributed by atoms with Gasteiger partial charge in [0.1, 0.15) is 6.10 Å². The molecule has 4 aliphatic carbocycles. The second-order valence-corrected chi connectivity index (χ2v) is 14.7. The number of thiophene rings is 1. The Morgan fingerprint density at radius 3 is 2.67 bits per heavy atom. The fraction of sp³-hybridized carbons (Fsp3) is 0.788. The Balaban J connectivity index is 1.23. The zero-order chi connectivity index (χ0) is 25.5. The first-order valence-electron chi connectivity index (χ1n) is 15.1. The number of hydrogen-bond donors (Lipinski definition) is 0. The number of hydrogen-bond acceptors (Lipinski definition) is 3. The molecule has 5 rings (SSSR count). The summed E-state index contributed by atoms with van der Waals surface area (Å²) in [6, 6.07) is 2.03. The van der Waals surface area contributed by atoms with Crippen molar-refractivity contribution in [3.8, 4) is 0 Å². The Kier molecular flexibility index (Phi) is 7.79. The zero-order valence-electron chi connectivity index (χ0n) is 23.6. The van der Waals surface area contributed by atoms with Crippen LogP contribution in [-0.2, 0) is 16.0 Å². The highest BCUT2D eigenvalue weighted by Crippen LogP contribution is 2.67. The van der Waals surface area contributed by atoms with Crippen LogP contribution >= 0.6 is 11.3 Å². The number of allylic oxidation sites excluding steroid dienone is 1. The smallest absolute Gasteiger partial charge is 0.310 e. The summed E-state index contributed by atoms with van der Waals surface area (Å²) in [6.07, 6.45) is 17.5. The molecule has 8 atom stereocenters. The molecule has 3 fully saturated rings. The van der Waals surface area contributed by atoms with E-state index in [9.17, 15) is 4.79 Å². The van der Waals surface area contributed by atoms with Crippen LogP contribution in [0.4, 0.5) is 0 Å². The van der Waals surface area contributed by atoms with Gasteiger partial charge in [-0.2, -0.15) is 11.3 Å². The minimum Gasteiger partial charge on any atom is -0.462 e. The molecule has 1 aromatic heterocycles. The van der Waals surface area contributed by atoms with Crippen molar-refractivity contribution < 1.29 is 9.53 Å². The van der Waals surface area contributed by atoms with E-state index in [1.54, 1.807) is 16.9 Å². The lowest BCUT2D eigenvalue weighted by molar-refractivity contribution is -0.150. The van der Waals surface area contributed by atoms with Crippen LogP contribution in [0.3, 0.4) is 0 Å². The van der Waals surface area contributed by atoms with Crippen LogP contribution in [0.2, 0.25) is 0 Å². The number of fused-ring (bicyclic) bond motifs is 5. The first-order chi connectivity index (χ1) is 17.2. The number of carbonyl (C=O) groups excluding carboxylic acids is 1. The molecule has 0 N–H and O–H groups in total. The molecule has 3 saturated carbocycles. The normalized spacial score (nSPS) is 38.6. The van der Waals surface area contributed by atoms with Crippen molar-refractivity contribution in [3.05, 3.63) is 34.0 Å². The van der Waals surface area contributed by atoms with E-state index >= 15 is 0 Å². The summed E-state index contributed by atoms with van der Waals surface area (Å²) in [5, 5.41) is 4.09. The average Bonchev–Trinajstić information content (AvgIpc) is 3.46. The molecule has 0 aliphatic heterocycles. The molecular formula is C33H50O2S. The molecule has 36 heavy (non-hydrogen) atoms. The molecule has 2 nitrogen and oxygen atoms in total. The Bertz CT molecular complexity index is 931. The summed E-state index contributed by atoms with van der Waals surface area (Å²) < 4.78 is 5.99. The summed E-state index contributed by atoms with van der Waals surface area (Å²) in [7, 11) is 0. The lowest BCUT2D eigenvalue weighted by atomic mass is 9.47. The molecule has 0 bridgehead atoms. The van der Waals surface area contributed by atoms with Crippen molar-refractivity contribution in [3.63, 3.8) is 0 Å². The predicted molar refractivity (Wildman–Crippen MR) is 151 cm³/mol. The average molecular weight is 511 g/mol. The highest BCUT2D eigenvalue weighted by Gasteiger charge is 2.59. The van der Waals surface area contributed by atoms with Gasteiger partial charge in [-0.25, -0.2) is 0 Å². The van der Waals surface area contributed by atoms with Crippen molar-refractivity contribution in [2.75, 3.05) is 0 Å². The van der Waals surface area contributed by atoms with E-state index in [0.29, 0.717) is 17.3 Å². The number of carbonyl (C=O) groups is 1. The van der Waals surface area contributed by atoms with Crippen LogP contribution in [0.15, 0.2) is 28.5 Å². The minimum atomic E-state index is -0.0516. The molecule has 0 unspecified atom stereocenters. The van der Waals surface area contributed by atoms with Crippen LogP contribution in [0.5, 0.6) is 0 Å². The van der Waals surface area contributed by atoms with E-state index in [-0.39, 0.29) is 12.1 Å². The lowest BCUT2D eigenvalue weighted by Crippen LogP contribution is -2.51. The van der Waals surface area contributed by atoms with Gasteiger partial charge in [0.15, 0.2) is 0 Å². The number of rotatable bonds is 8. The molecule has 1 heterocycles. The van der Waals surface area contributed by atoms with E-state index in [1.807, 2.05) is 11.4 Å². The summed E-state index contributed by atoms with van der Waals surface area (Å²) in [4.78, 5) is 12.6. The van der Waals surface area contributed by atoms with Crippen LogP contribution in [0, 0.1) is 46.3 Å². The standard InChI is InChI=1S/C33H50O2S/c1-22(2)7-6-8-23(3)28-11-12-29-27-10-9-25-20-26(35-31(34)19-24-15-18-36-21-24)13-16-32(25,4)30(27)14-17-33(28,29)5/h9,15,18,21-23,26-30H,6-8,10-14,16-17,19-20H2,1-5H3/t23-,26+,27+,28-,29+,30+,32+,33-/m1/s1. The minimum absolute atomic E-state index is 0.0516. The number of esters is 1. The zero-order valence-corrected chi connectivity index (χ0v) is 24.4. The van der Waals surface area contributed by atoms with Crippen molar-refractivity contribution in [2.24, 2.45) is 46.3 Å². The van der Waals surface area contributed by atoms with Gasteiger partial charge >= 0.3 is 5.97 Å². The largest absolute Gasteiger partial charge is 0.462 e. The summed E-state index contributed by atoms with van der Waals surface area (Å²) in [6.45, 7) is 12.6. The summed E-state index contributed by atoms with van der Waals surface area (Å²) >= 11 is 1.65. The first kappa shape index (κ1) is 26.5. The van der Waals surface area contributed by atoms with Gasteiger partial charge < -0.3 is 4.74 Å². The quantitative estimate of drug-likeness (QED) is 0.257. The van der Waals surface area contributed by atoms with Gasteiger partial charge in [-0.05, 0) is 114 Å². The van der Waals surface area contributed by atoms with E-state index < -0.39 is 0 Å². The molecule has 0 amide bonds. The van der Waals surface area contributed by atoms with Crippen LogP contribution in [0.1, 0.15) is 111 Å². The van der Waals surface area contributed by atoms with Crippen molar-refractivity contribution >= 4 is 17.3 Å². The van der Waals surface area contributed by atoms with Crippen molar-refractivity contribution in [1.82, 2.24) is 0 Å². The lowest BCUT2D eigenvalue weighted by Gasteiger charge is -2.58. The van der Waals surface area contributed by atoms with Crippen molar-refractivity contribution in [2.45, 2.75) is 118 Å². The van der Waals surface area contributed by atoms with E-state index in [0.717, 1.165) is 53.9 Å². The summed E-state index contributed by atoms with van der Waals surface area (Å²) in [5.41, 5.74) is 3.57. The van der Waals surface area contributed by atoms with Gasteiger partial charge in [-0.3, -0.25) is 4.79 Å². The molecule has 0 spiro atoms. The van der Waals surface area contributed by atoms with Gasteiger partial charge in [0.2, 0.25) is 0 Å². The molecular weight excluding hydrogens is 460 g/mol. The monoisotopic (exact) mass is 510 g/mol. The second kappa shape index (κ2) is 10.6. The highest BCUT2D eigenvalue weighted by molar-refractivity contribution is 7.08. The van der Waals surface area contributed by atoms with Gasteiger partial charge in [-0.15, -0.1) is 0 Å². The number of ether oxygens (including phenoxy) is 1.